The summed E-state index contributed by atoms with van der Waals surface area (Å²) in [5.41, 5.74) is 1.99. The molecule has 3 rings (SSSR count). The number of ether oxygens (including phenoxy) is 1. The SMILES string of the molecule is COc1ccc(Cl)c2sc(N(CCCN(C)C)C(=O)c3cc(C)n(C)n3)nc12.Cl. The van der Waals surface area contributed by atoms with Crippen molar-refractivity contribution in [3.8, 4) is 5.75 Å². The number of aromatic nitrogens is 3. The average Bonchev–Trinajstić information content (AvgIpc) is 3.23. The Kier molecular flexibility index (Phi) is 7.87. The molecule has 7 nitrogen and oxygen atoms in total. The van der Waals surface area contributed by atoms with Gasteiger partial charge in [-0.1, -0.05) is 22.9 Å². The number of rotatable bonds is 7. The van der Waals surface area contributed by atoms with Crippen molar-refractivity contribution in [3.05, 3.63) is 34.6 Å². The average molecular weight is 458 g/mol. The maximum absolute atomic E-state index is 13.2. The number of halogens is 2. The standard InChI is InChI=1S/C19H24ClN5O2S.ClH/c1-12-11-14(22-24(12)4)18(26)25(10-6-9-23(2)3)19-21-16-15(27-5)8-7-13(20)17(16)28-19;/h7-8,11H,6,9-10H2,1-5H3;1H. The largest absolute Gasteiger partial charge is 0.494 e. The molecule has 2 heterocycles. The zero-order valence-electron chi connectivity index (χ0n) is 17.1. The van der Waals surface area contributed by atoms with Crippen LogP contribution in [0.3, 0.4) is 0 Å². The quantitative estimate of drug-likeness (QED) is 0.535. The number of nitrogens with zero attached hydrogens (tertiary/aromatic N) is 5. The summed E-state index contributed by atoms with van der Waals surface area (Å²) in [5, 5.41) is 5.53. The summed E-state index contributed by atoms with van der Waals surface area (Å²) >= 11 is 7.75. The Morgan fingerprint density at radius 2 is 2.03 bits per heavy atom. The first-order valence-electron chi connectivity index (χ1n) is 8.92. The summed E-state index contributed by atoms with van der Waals surface area (Å²) in [6.45, 7) is 3.31. The van der Waals surface area contributed by atoms with Crippen molar-refractivity contribution >= 4 is 56.6 Å². The van der Waals surface area contributed by atoms with Crippen LogP contribution in [0.15, 0.2) is 18.2 Å². The predicted octanol–water partition coefficient (Wildman–Crippen LogP) is 4.02. The molecule has 29 heavy (non-hydrogen) atoms. The molecule has 10 heteroatoms. The normalized spacial score (nSPS) is 11.0. The molecule has 2 aromatic heterocycles. The third-order valence-electron chi connectivity index (χ3n) is 4.46. The van der Waals surface area contributed by atoms with Gasteiger partial charge in [-0.25, -0.2) is 4.98 Å². The van der Waals surface area contributed by atoms with Crippen molar-refractivity contribution in [2.24, 2.45) is 7.05 Å². The lowest BCUT2D eigenvalue weighted by Gasteiger charge is -2.20. The highest BCUT2D eigenvalue weighted by molar-refractivity contribution is 7.23. The Morgan fingerprint density at radius 3 is 2.62 bits per heavy atom. The first kappa shape index (κ1) is 23.4. The lowest BCUT2D eigenvalue weighted by molar-refractivity contribution is 0.0980. The van der Waals surface area contributed by atoms with Crippen molar-refractivity contribution in [2.45, 2.75) is 13.3 Å². The second-order valence-corrected chi connectivity index (χ2v) is 8.22. The van der Waals surface area contributed by atoms with Crippen molar-refractivity contribution in [3.63, 3.8) is 0 Å². The fraction of sp³-hybridized carbons (Fsp3) is 0.421. The molecule has 0 spiro atoms. The maximum atomic E-state index is 13.2. The number of fused-ring (bicyclic) bond motifs is 1. The molecule has 158 valence electrons. The molecule has 0 saturated heterocycles. The molecule has 0 atom stereocenters. The van der Waals surface area contributed by atoms with E-state index < -0.39 is 0 Å². The van der Waals surface area contributed by atoms with Crippen LogP contribution in [-0.2, 0) is 7.05 Å². The fourth-order valence-corrected chi connectivity index (χ4v) is 4.13. The third kappa shape index (κ3) is 5.01. The van der Waals surface area contributed by atoms with Crippen LogP contribution >= 0.6 is 35.3 Å². The number of anilines is 1. The van der Waals surface area contributed by atoms with Crippen LogP contribution < -0.4 is 9.64 Å². The van der Waals surface area contributed by atoms with Crippen molar-refractivity contribution < 1.29 is 9.53 Å². The van der Waals surface area contributed by atoms with Gasteiger partial charge in [-0.05, 0) is 52.2 Å². The summed E-state index contributed by atoms with van der Waals surface area (Å²) in [4.78, 5) is 21.7. The van der Waals surface area contributed by atoms with Crippen LogP contribution in [0.4, 0.5) is 5.13 Å². The molecule has 0 saturated carbocycles. The lowest BCUT2D eigenvalue weighted by atomic mass is 10.3. The molecule has 0 N–H and O–H groups in total. The number of carbonyl (C=O) groups excluding carboxylic acids is 1. The van der Waals surface area contributed by atoms with E-state index in [0.29, 0.717) is 33.7 Å². The van der Waals surface area contributed by atoms with Gasteiger partial charge in [0, 0.05) is 19.3 Å². The summed E-state index contributed by atoms with van der Waals surface area (Å²) in [6.07, 6.45) is 0.811. The second kappa shape index (κ2) is 9.75. The lowest BCUT2D eigenvalue weighted by Crippen LogP contribution is -2.33. The second-order valence-electron chi connectivity index (χ2n) is 6.83. The van der Waals surface area contributed by atoms with E-state index >= 15 is 0 Å². The highest BCUT2D eigenvalue weighted by Crippen LogP contribution is 2.39. The Balaban J connectivity index is 0.00000300. The Bertz CT molecular complexity index is 983. The molecule has 1 amide bonds. The smallest absolute Gasteiger partial charge is 0.280 e. The number of carbonyl (C=O) groups is 1. The summed E-state index contributed by atoms with van der Waals surface area (Å²) in [7, 11) is 7.44. The van der Waals surface area contributed by atoms with E-state index in [2.05, 4.69) is 15.0 Å². The first-order valence-corrected chi connectivity index (χ1v) is 10.1. The van der Waals surface area contributed by atoms with Crippen LogP contribution in [0.25, 0.3) is 10.2 Å². The molecule has 0 bridgehead atoms. The van der Waals surface area contributed by atoms with E-state index in [1.54, 1.807) is 34.9 Å². The fourth-order valence-electron chi connectivity index (χ4n) is 2.85. The highest BCUT2D eigenvalue weighted by atomic mass is 35.5. The van der Waals surface area contributed by atoms with E-state index in [1.807, 2.05) is 28.1 Å². The van der Waals surface area contributed by atoms with Gasteiger partial charge in [0.25, 0.3) is 5.91 Å². The van der Waals surface area contributed by atoms with Gasteiger partial charge in [0.15, 0.2) is 10.8 Å². The van der Waals surface area contributed by atoms with Gasteiger partial charge in [-0.15, -0.1) is 12.4 Å². The Labute approximate surface area is 185 Å². The van der Waals surface area contributed by atoms with Gasteiger partial charge in [-0.2, -0.15) is 5.10 Å². The summed E-state index contributed by atoms with van der Waals surface area (Å²) in [5.74, 6) is 0.466. The molecular weight excluding hydrogens is 433 g/mol. The number of aryl methyl sites for hydroxylation is 2. The van der Waals surface area contributed by atoms with Crippen molar-refractivity contribution in [1.82, 2.24) is 19.7 Å². The molecule has 1 aromatic carbocycles. The minimum Gasteiger partial charge on any atom is -0.494 e. The van der Waals surface area contributed by atoms with Gasteiger partial charge < -0.3 is 9.64 Å². The Hall–Kier alpha value is -1.87. The topological polar surface area (TPSA) is 63.5 Å². The molecule has 0 aliphatic carbocycles. The molecular formula is C19H25Cl2N5O2S. The number of hydrogen-bond acceptors (Lipinski definition) is 6. The van der Waals surface area contributed by atoms with E-state index in [-0.39, 0.29) is 18.3 Å². The van der Waals surface area contributed by atoms with Gasteiger partial charge in [0.05, 0.1) is 16.8 Å². The van der Waals surface area contributed by atoms with Gasteiger partial charge in [0.1, 0.15) is 11.3 Å². The van der Waals surface area contributed by atoms with Crippen molar-refractivity contribution in [2.75, 3.05) is 39.2 Å². The van der Waals surface area contributed by atoms with Gasteiger partial charge in [0.2, 0.25) is 0 Å². The summed E-state index contributed by atoms with van der Waals surface area (Å²) in [6, 6.07) is 5.36. The number of methoxy groups -OCH3 is 1. The molecule has 0 aliphatic rings. The minimum absolute atomic E-state index is 0. The number of benzene rings is 1. The van der Waals surface area contributed by atoms with E-state index in [1.165, 1.54) is 11.3 Å². The van der Waals surface area contributed by atoms with E-state index in [9.17, 15) is 4.79 Å². The monoisotopic (exact) mass is 457 g/mol. The molecule has 0 unspecified atom stereocenters. The number of thiazole rings is 1. The molecule has 0 aliphatic heterocycles. The van der Waals surface area contributed by atoms with Crippen molar-refractivity contribution in [1.29, 1.82) is 0 Å². The number of amides is 1. The molecule has 0 radical (unpaired) electrons. The van der Waals surface area contributed by atoms with Crippen LogP contribution in [0, 0.1) is 6.92 Å². The predicted molar refractivity (Wildman–Crippen MR) is 121 cm³/mol. The minimum atomic E-state index is -0.170. The van der Waals surface area contributed by atoms with Crippen LogP contribution in [0.5, 0.6) is 5.75 Å². The maximum Gasteiger partial charge on any atom is 0.280 e. The van der Waals surface area contributed by atoms with Crippen LogP contribution in [0.1, 0.15) is 22.6 Å². The van der Waals surface area contributed by atoms with E-state index in [0.717, 1.165) is 23.4 Å². The highest BCUT2D eigenvalue weighted by Gasteiger charge is 2.25. The van der Waals surface area contributed by atoms with Crippen LogP contribution in [0.2, 0.25) is 5.02 Å². The first-order chi connectivity index (χ1) is 13.3. The molecule has 3 aromatic rings. The summed E-state index contributed by atoms with van der Waals surface area (Å²) < 4.78 is 7.91. The van der Waals surface area contributed by atoms with Gasteiger partial charge >= 0.3 is 0 Å². The number of hydrogen-bond donors (Lipinski definition) is 0. The Morgan fingerprint density at radius 1 is 1.31 bits per heavy atom. The third-order valence-corrected chi connectivity index (χ3v) is 6.00. The zero-order chi connectivity index (χ0) is 20.4. The van der Waals surface area contributed by atoms with Gasteiger partial charge in [-0.3, -0.25) is 14.4 Å². The zero-order valence-corrected chi connectivity index (χ0v) is 19.5. The van der Waals surface area contributed by atoms with Crippen LogP contribution in [-0.4, -0.2) is 59.9 Å². The molecule has 0 fully saturated rings. The van der Waals surface area contributed by atoms with E-state index in [4.69, 9.17) is 16.3 Å².